The molecule has 0 saturated heterocycles. The summed E-state index contributed by atoms with van der Waals surface area (Å²) < 4.78 is 17.3. The average Bonchev–Trinajstić information content (AvgIpc) is 2.78. The highest BCUT2D eigenvalue weighted by atomic mass is 79.9. The number of thiocarbonyl (C=S) groups is 1. The third kappa shape index (κ3) is 6.97. The Morgan fingerprint density at radius 3 is 2.23 bits per heavy atom. The second kappa shape index (κ2) is 11.3. The highest BCUT2D eigenvalue weighted by Crippen LogP contribution is 2.23. The lowest BCUT2D eigenvalue weighted by atomic mass is 10.2. The lowest BCUT2D eigenvalue weighted by molar-refractivity contribution is 0.0974. The van der Waals surface area contributed by atoms with Crippen molar-refractivity contribution in [1.82, 2.24) is 5.32 Å². The van der Waals surface area contributed by atoms with Crippen LogP contribution in [-0.2, 0) is 0 Å². The maximum atomic E-state index is 12.5. The highest BCUT2D eigenvalue weighted by molar-refractivity contribution is 9.10. The van der Waals surface area contributed by atoms with Gasteiger partial charge in [-0.05, 0) is 66.8 Å². The van der Waals surface area contributed by atoms with Crippen molar-refractivity contribution in [1.29, 1.82) is 0 Å². The number of hydrogen-bond acceptors (Lipinski definition) is 5. The van der Waals surface area contributed by atoms with Crippen LogP contribution < -0.4 is 24.8 Å². The molecule has 160 valence electrons. The summed E-state index contributed by atoms with van der Waals surface area (Å²) >= 11 is 8.60. The van der Waals surface area contributed by atoms with Crippen LogP contribution in [0.2, 0.25) is 0 Å². The molecule has 0 heterocycles. The van der Waals surface area contributed by atoms with Gasteiger partial charge in [-0.1, -0.05) is 34.1 Å². The van der Waals surface area contributed by atoms with Gasteiger partial charge >= 0.3 is 0 Å². The second-order valence-corrected chi connectivity index (χ2v) is 7.61. The first kappa shape index (κ1) is 22.6. The maximum Gasteiger partial charge on any atom is 0.261 e. The third-order valence-electron chi connectivity index (χ3n) is 4.11. The van der Waals surface area contributed by atoms with Crippen molar-refractivity contribution in [3.05, 3.63) is 82.8 Å². The van der Waals surface area contributed by atoms with Crippen LogP contribution in [0, 0.1) is 0 Å². The number of ether oxygens (including phenoxy) is 3. The van der Waals surface area contributed by atoms with E-state index < -0.39 is 0 Å². The molecule has 31 heavy (non-hydrogen) atoms. The van der Waals surface area contributed by atoms with Crippen molar-refractivity contribution < 1.29 is 19.0 Å². The molecule has 1 amide bonds. The molecule has 8 heteroatoms. The first-order chi connectivity index (χ1) is 15.0. The number of anilines is 1. The molecule has 3 aromatic carbocycles. The predicted octanol–water partition coefficient (Wildman–Crippen LogP) is 5.04. The van der Waals surface area contributed by atoms with Crippen molar-refractivity contribution >= 4 is 44.9 Å². The molecule has 2 N–H and O–H groups in total. The first-order valence-corrected chi connectivity index (χ1v) is 10.6. The largest absolute Gasteiger partial charge is 0.496 e. The van der Waals surface area contributed by atoms with Crippen LogP contribution in [0.5, 0.6) is 17.2 Å². The smallest absolute Gasteiger partial charge is 0.261 e. The van der Waals surface area contributed by atoms with E-state index in [4.69, 9.17) is 26.4 Å². The van der Waals surface area contributed by atoms with Crippen LogP contribution in [0.3, 0.4) is 0 Å². The Bertz CT molecular complexity index is 1030. The Morgan fingerprint density at radius 2 is 1.58 bits per heavy atom. The number of halogens is 1. The standard InChI is InChI=1S/C23H21BrN2O4S/c1-28-21-12-7-16(24)15-20(21)22(27)26-23(31)25-17-8-10-19(11-9-17)30-14-13-29-18-5-3-2-4-6-18/h2-12,15H,13-14H2,1H3,(H2,25,26,27,31). The highest BCUT2D eigenvalue weighted by Gasteiger charge is 2.14. The number of methoxy groups -OCH3 is 1. The zero-order valence-electron chi connectivity index (χ0n) is 16.8. The van der Waals surface area contributed by atoms with Crippen LogP contribution >= 0.6 is 28.1 Å². The zero-order chi connectivity index (χ0) is 22.1. The maximum absolute atomic E-state index is 12.5. The number of hydrogen-bond donors (Lipinski definition) is 2. The fourth-order valence-corrected chi connectivity index (χ4v) is 3.23. The van der Waals surface area contributed by atoms with Gasteiger partial charge in [-0.3, -0.25) is 10.1 Å². The van der Waals surface area contributed by atoms with Crippen LogP contribution in [-0.4, -0.2) is 31.3 Å². The number of carbonyl (C=O) groups is 1. The van der Waals surface area contributed by atoms with E-state index >= 15 is 0 Å². The molecule has 0 bridgehead atoms. The van der Waals surface area contributed by atoms with E-state index in [1.165, 1.54) is 7.11 Å². The molecule has 0 aliphatic carbocycles. The summed E-state index contributed by atoms with van der Waals surface area (Å²) in [7, 11) is 1.51. The third-order valence-corrected chi connectivity index (χ3v) is 4.81. The van der Waals surface area contributed by atoms with Gasteiger partial charge in [0.1, 0.15) is 30.5 Å². The van der Waals surface area contributed by atoms with Crippen LogP contribution in [0.1, 0.15) is 10.4 Å². The van der Waals surface area contributed by atoms with Crippen LogP contribution in [0.4, 0.5) is 5.69 Å². The number of benzene rings is 3. The lowest BCUT2D eigenvalue weighted by Crippen LogP contribution is -2.34. The van der Waals surface area contributed by atoms with E-state index in [0.717, 1.165) is 15.9 Å². The molecule has 0 aliphatic rings. The Balaban J connectivity index is 1.46. The molecule has 0 saturated carbocycles. The van der Waals surface area contributed by atoms with Gasteiger partial charge in [-0.15, -0.1) is 0 Å². The summed E-state index contributed by atoms with van der Waals surface area (Å²) in [5.74, 6) is 1.60. The van der Waals surface area contributed by atoms with E-state index in [0.29, 0.717) is 30.3 Å². The van der Waals surface area contributed by atoms with Gasteiger partial charge < -0.3 is 19.5 Å². The molecule has 0 spiro atoms. The molecular weight excluding hydrogens is 480 g/mol. The molecule has 0 atom stereocenters. The summed E-state index contributed by atoms with van der Waals surface area (Å²) in [6.45, 7) is 0.865. The fourth-order valence-electron chi connectivity index (χ4n) is 2.66. The van der Waals surface area contributed by atoms with Gasteiger partial charge in [0, 0.05) is 10.2 Å². The molecule has 0 aliphatic heterocycles. The SMILES string of the molecule is COc1ccc(Br)cc1C(=O)NC(=S)Nc1ccc(OCCOc2ccccc2)cc1. The average molecular weight is 501 g/mol. The summed E-state index contributed by atoms with van der Waals surface area (Å²) in [4.78, 5) is 12.5. The van der Waals surface area contributed by atoms with Crippen molar-refractivity contribution in [2.24, 2.45) is 0 Å². The normalized spacial score (nSPS) is 10.1. The minimum Gasteiger partial charge on any atom is -0.496 e. The summed E-state index contributed by atoms with van der Waals surface area (Å²) in [6, 6.07) is 22.0. The molecule has 6 nitrogen and oxygen atoms in total. The Kier molecular flexibility index (Phi) is 8.26. The van der Waals surface area contributed by atoms with Crippen molar-refractivity contribution in [3.8, 4) is 17.2 Å². The zero-order valence-corrected chi connectivity index (χ0v) is 19.2. The van der Waals surface area contributed by atoms with Gasteiger partial charge in [0.05, 0.1) is 12.7 Å². The van der Waals surface area contributed by atoms with E-state index in [-0.39, 0.29) is 11.0 Å². The van der Waals surface area contributed by atoms with Gasteiger partial charge in [0.2, 0.25) is 0 Å². The van der Waals surface area contributed by atoms with E-state index in [1.807, 2.05) is 54.6 Å². The van der Waals surface area contributed by atoms with Gasteiger partial charge in [-0.25, -0.2) is 0 Å². The summed E-state index contributed by atoms with van der Waals surface area (Å²) in [5.41, 5.74) is 1.10. The molecule has 3 aromatic rings. The van der Waals surface area contributed by atoms with E-state index in [2.05, 4.69) is 26.6 Å². The first-order valence-electron chi connectivity index (χ1n) is 9.42. The van der Waals surface area contributed by atoms with Crippen molar-refractivity contribution in [2.75, 3.05) is 25.6 Å². The minimum atomic E-state index is -0.367. The van der Waals surface area contributed by atoms with Crippen molar-refractivity contribution in [2.45, 2.75) is 0 Å². The molecule has 0 fully saturated rings. The number of para-hydroxylation sites is 1. The van der Waals surface area contributed by atoms with Gasteiger partial charge in [0.25, 0.3) is 5.91 Å². The Hall–Kier alpha value is -3.10. The van der Waals surface area contributed by atoms with Gasteiger partial charge in [-0.2, -0.15) is 0 Å². The van der Waals surface area contributed by atoms with Crippen LogP contribution in [0.15, 0.2) is 77.3 Å². The van der Waals surface area contributed by atoms with Crippen LogP contribution in [0.25, 0.3) is 0 Å². The number of rotatable bonds is 8. The Labute approximate surface area is 194 Å². The quantitative estimate of drug-likeness (QED) is 0.333. The Morgan fingerprint density at radius 1 is 0.935 bits per heavy atom. The fraction of sp³-hybridized carbons (Fsp3) is 0.130. The van der Waals surface area contributed by atoms with Crippen molar-refractivity contribution in [3.63, 3.8) is 0 Å². The summed E-state index contributed by atoms with van der Waals surface area (Å²) in [6.07, 6.45) is 0. The lowest BCUT2D eigenvalue weighted by Gasteiger charge is -2.13. The van der Waals surface area contributed by atoms with Gasteiger partial charge in [0.15, 0.2) is 5.11 Å². The van der Waals surface area contributed by atoms with E-state index in [9.17, 15) is 4.79 Å². The molecule has 3 rings (SSSR count). The monoisotopic (exact) mass is 500 g/mol. The topological polar surface area (TPSA) is 68.8 Å². The summed E-state index contributed by atoms with van der Waals surface area (Å²) in [5, 5.41) is 5.81. The molecular formula is C23H21BrN2O4S. The van der Waals surface area contributed by atoms with E-state index in [1.54, 1.807) is 18.2 Å². The number of amides is 1. The molecule has 0 unspecified atom stereocenters. The number of nitrogens with one attached hydrogen (secondary N) is 2. The number of carbonyl (C=O) groups excluding carboxylic acids is 1. The predicted molar refractivity (Wildman–Crippen MR) is 128 cm³/mol. The molecule has 0 radical (unpaired) electrons. The second-order valence-electron chi connectivity index (χ2n) is 6.29. The minimum absolute atomic E-state index is 0.178. The molecule has 0 aromatic heterocycles.